The number of carbonyl (C=O) groups excluding carboxylic acids is 1. The van der Waals surface area contributed by atoms with Gasteiger partial charge >= 0.3 is 0 Å². The standard InChI is InChI=1S/C21H28N2O3S/c1-16-8-5-11-19(14-16)12-7-13-22-20(24)15-23(27(4,25)26)21-17(2)9-6-10-18(21)3/h5-6,8-11,14H,7,12-13,15H2,1-4H3,(H,22,24). The van der Waals surface area contributed by atoms with Crippen molar-refractivity contribution in [3.63, 3.8) is 0 Å². The first-order chi connectivity index (χ1) is 12.7. The molecule has 0 heterocycles. The molecule has 0 unspecified atom stereocenters. The van der Waals surface area contributed by atoms with E-state index in [2.05, 4.69) is 30.4 Å². The van der Waals surface area contributed by atoms with Crippen LogP contribution in [0, 0.1) is 20.8 Å². The Morgan fingerprint density at radius 3 is 2.26 bits per heavy atom. The lowest BCUT2D eigenvalue weighted by Gasteiger charge is -2.25. The maximum absolute atomic E-state index is 12.3. The van der Waals surface area contributed by atoms with Gasteiger partial charge in [-0.1, -0.05) is 48.0 Å². The first-order valence-electron chi connectivity index (χ1n) is 9.04. The van der Waals surface area contributed by atoms with Crippen molar-refractivity contribution in [1.82, 2.24) is 5.32 Å². The van der Waals surface area contributed by atoms with E-state index in [9.17, 15) is 13.2 Å². The van der Waals surface area contributed by atoms with Gasteiger partial charge in [0.05, 0.1) is 11.9 Å². The second kappa shape index (κ2) is 9.04. The smallest absolute Gasteiger partial charge is 0.240 e. The highest BCUT2D eigenvalue weighted by atomic mass is 32.2. The number of nitrogens with one attached hydrogen (secondary N) is 1. The largest absolute Gasteiger partial charge is 0.355 e. The van der Waals surface area contributed by atoms with Crippen LogP contribution in [0.15, 0.2) is 42.5 Å². The molecule has 146 valence electrons. The number of anilines is 1. The number of amides is 1. The van der Waals surface area contributed by atoms with Crippen LogP contribution in [0.4, 0.5) is 5.69 Å². The van der Waals surface area contributed by atoms with Gasteiger partial charge in [-0.2, -0.15) is 0 Å². The fraction of sp³-hybridized carbons (Fsp3) is 0.381. The summed E-state index contributed by atoms with van der Waals surface area (Å²) >= 11 is 0. The zero-order chi connectivity index (χ0) is 20.0. The predicted octanol–water partition coefficient (Wildman–Crippen LogP) is 3.13. The molecule has 1 amide bonds. The number of carbonyl (C=O) groups is 1. The Bertz CT molecular complexity index is 887. The molecule has 1 N–H and O–H groups in total. The van der Waals surface area contributed by atoms with Gasteiger partial charge in [0.25, 0.3) is 0 Å². The minimum atomic E-state index is -3.56. The molecule has 0 aliphatic heterocycles. The highest BCUT2D eigenvalue weighted by Crippen LogP contribution is 2.26. The fourth-order valence-electron chi connectivity index (χ4n) is 3.14. The molecule has 0 spiro atoms. The van der Waals surface area contributed by atoms with Gasteiger partial charge in [-0.3, -0.25) is 9.10 Å². The Morgan fingerprint density at radius 2 is 1.67 bits per heavy atom. The summed E-state index contributed by atoms with van der Waals surface area (Å²) in [5.74, 6) is -0.299. The van der Waals surface area contributed by atoms with Crippen LogP contribution in [0.3, 0.4) is 0 Å². The van der Waals surface area contributed by atoms with Crippen LogP contribution < -0.4 is 9.62 Å². The molecule has 2 rings (SSSR count). The average Bonchev–Trinajstić information content (AvgIpc) is 2.57. The third-order valence-corrected chi connectivity index (χ3v) is 5.54. The molecule has 0 fully saturated rings. The molecule has 0 bridgehead atoms. The third kappa shape index (κ3) is 6.10. The van der Waals surface area contributed by atoms with Crippen molar-refractivity contribution in [2.75, 3.05) is 23.7 Å². The first kappa shape index (κ1) is 21.0. The van der Waals surface area contributed by atoms with Crippen molar-refractivity contribution >= 4 is 21.6 Å². The number of hydrogen-bond acceptors (Lipinski definition) is 3. The van der Waals surface area contributed by atoms with E-state index in [-0.39, 0.29) is 12.5 Å². The van der Waals surface area contributed by atoms with Gasteiger partial charge < -0.3 is 5.32 Å². The molecule has 27 heavy (non-hydrogen) atoms. The van der Waals surface area contributed by atoms with Gasteiger partial charge in [-0.05, 0) is 50.3 Å². The maximum atomic E-state index is 12.3. The number of hydrogen-bond donors (Lipinski definition) is 1. The van der Waals surface area contributed by atoms with E-state index in [1.54, 1.807) is 0 Å². The molecule has 0 atom stereocenters. The number of aryl methyl sites for hydroxylation is 4. The minimum absolute atomic E-state index is 0.213. The Kier molecular flexibility index (Phi) is 7.02. The van der Waals surface area contributed by atoms with Crippen molar-refractivity contribution in [2.45, 2.75) is 33.6 Å². The molecular weight excluding hydrogens is 360 g/mol. The normalized spacial score (nSPS) is 11.3. The summed E-state index contributed by atoms with van der Waals surface area (Å²) in [6.07, 6.45) is 2.80. The van der Waals surface area contributed by atoms with Crippen LogP contribution in [-0.4, -0.2) is 33.7 Å². The molecule has 5 nitrogen and oxygen atoms in total. The van der Waals surface area contributed by atoms with Gasteiger partial charge in [0.2, 0.25) is 15.9 Å². The summed E-state index contributed by atoms with van der Waals surface area (Å²) in [5.41, 5.74) is 4.68. The number of para-hydroxylation sites is 1. The van der Waals surface area contributed by atoms with E-state index in [0.717, 1.165) is 30.2 Å². The Morgan fingerprint density at radius 1 is 1.04 bits per heavy atom. The second-order valence-corrected chi connectivity index (χ2v) is 8.86. The average molecular weight is 389 g/mol. The minimum Gasteiger partial charge on any atom is -0.355 e. The van der Waals surface area contributed by atoms with Crippen LogP contribution in [0.1, 0.15) is 28.7 Å². The third-order valence-electron chi connectivity index (χ3n) is 4.42. The highest BCUT2D eigenvalue weighted by molar-refractivity contribution is 7.92. The number of nitrogens with zero attached hydrogens (tertiary/aromatic N) is 1. The molecular formula is C21H28N2O3S. The summed E-state index contributed by atoms with van der Waals surface area (Å²) < 4.78 is 25.7. The fourth-order valence-corrected chi connectivity index (χ4v) is 4.11. The lowest BCUT2D eigenvalue weighted by Crippen LogP contribution is -2.41. The molecule has 2 aromatic rings. The van der Waals surface area contributed by atoms with Gasteiger partial charge in [-0.15, -0.1) is 0 Å². The summed E-state index contributed by atoms with van der Waals surface area (Å²) in [5, 5.41) is 2.83. The summed E-state index contributed by atoms with van der Waals surface area (Å²) in [6.45, 7) is 6.05. The number of sulfonamides is 1. The Labute approximate surface area is 162 Å². The van der Waals surface area contributed by atoms with Crippen LogP contribution in [0.2, 0.25) is 0 Å². The molecule has 0 aromatic heterocycles. The van der Waals surface area contributed by atoms with Crippen LogP contribution >= 0.6 is 0 Å². The van der Waals surface area contributed by atoms with Gasteiger partial charge in [0, 0.05) is 6.54 Å². The zero-order valence-electron chi connectivity index (χ0n) is 16.5. The summed E-state index contributed by atoms with van der Waals surface area (Å²) in [7, 11) is -3.56. The Balaban J connectivity index is 1.97. The van der Waals surface area contributed by atoms with Gasteiger partial charge in [0.15, 0.2) is 0 Å². The number of benzene rings is 2. The highest BCUT2D eigenvalue weighted by Gasteiger charge is 2.23. The lowest BCUT2D eigenvalue weighted by atomic mass is 10.1. The quantitative estimate of drug-likeness (QED) is 0.707. The lowest BCUT2D eigenvalue weighted by molar-refractivity contribution is -0.119. The van der Waals surface area contributed by atoms with Crippen LogP contribution in [-0.2, 0) is 21.2 Å². The molecule has 0 saturated heterocycles. The molecule has 0 saturated carbocycles. The van der Waals surface area contributed by atoms with E-state index in [4.69, 9.17) is 0 Å². The van der Waals surface area contributed by atoms with Gasteiger partial charge in [-0.25, -0.2) is 8.42 Å². The van der Waals surface area contributed by atoms with E-state index < -0.39 is 10.0 Å². The van der Waals surface area contributed by atoms with Crippen molar-refractivity contribution in [3.8, 4) is 0 Å². The second-order valence-electron chi connectivity index (χ2n) is 6.95. The summed E-state index contributed by atoms with van der Waals surface area (Å²) in [6, 6.07) is 13.9. The van der Waals surface area contributed by atoms with Crippen molar-refractivity contribution < 1.29 is 13.2 Å². The predicted molar refractivity (Wildman–Crippen MR) is 111 cm³/mol. The van der Waals surface area contributed by atoms with Crippen molar-refractivity contribution in [1.29, 1.82) is 0 Å². The molecule has 2 aromatic carbocycles. The van der Waals surface area contributed by atoms with Gasteiger partial charge in [0.1, 0.15) is 6.54 Å². The Hall–Kier alpha value is -2.34. The topological polar surface area (TPSA) is 66.5 Å². The monoisotopic (exact) mass is 388 g/mol. The molecule has 0 aliphatic rings. The van der Waals surface area contributed by atoms with E-state index in [0.29, 0.717) is 12.2 Å². The number of rotatable bonds is 8. The SMILES string of the molecule is Cc1cccc(CCCNC(=O)CN(c2c(C)cccc2C)S(C)(=O)=O)c1. The molecule has 6 heteroatoms. The van der Waals surface area contributed by atoms with Crippen LogP contribution in [0.5, 0.6) is 0 Å². The van der Waals surface area contributed by atoms with E-state index in [1.165, 1.54) is 15.4 Å². The molecule has 0 aliphatic carbocycles. The van der Waals surface area contributed by atoms with E-state index >= 15 is 0 Å². The molecule has 0 radical (unpaired) electrons. The van der Waals surface area contributed by atoms with E-state index in [1.807, 2.05) is 38.1 Å². The van der Waals surface area contributed by atoms with Crippen molar-refractivity contribution in [2.24, 2.45) is 0 Å². The first-order valence-corrected chi connectivity index (χ1v) is 10.9. The summed E-state index contributed by atoms with van der Waals surface area (Å²) in [4.78, 5) is 12.3. The van der Waals surface area contributed by atoms with Crippen LogP contribution in [0.25, 0.3) is 0 Å². The van der Waals surface area contributed by atoms with Crippen molar-refractivity contribution in [3.05, 3.63) is 64.7 Å². The zero-order valence-corrected chi connectivity index (χ0v) is 17.3. The maximum Gasteiger partial charge on any atom is 0.240 e.